The average molecular weight is 354 g/mol. The number of rotatable bonds is 6. The molecular weight excluding hydrogens is 330 g/mol. The summed E-state index contributed by atoms with van der Waals surface area (Å²) in [4.78, 5) is 13.2. The van der Waals surface area contributed by atoms with E-state index in [9.17, 15) is 4.79 Å². The second-order valence-corrected chi connectivity index (χ2v) is 6.81. The van der Waals surface area contributed by atoms with Gasteiger partial charge in [-0.1, -0.05) is 35.0 Å². The lowest BCUT2D eigenvalue weighted by Gasteiger charge is -2.37. The Morgan fingerprint density at radius 1 is 1.43 bits per heavy atom. The van der Waals surface area contributed by atoms with Gasteiger partial charge in [0.1, 0.15) is 0 Å². The number of hydrogen-bond donors (Lipinski definition) is 1. The standard InChI is InChI=1S/C17H24BrNO2/c1-2-16(14-4-3-5-15(18)12-14)19-10-8-13(9-11-19)6-7-17(20)21/h3-5,12-13,16H,2,6-11H2,1H3,(H,20,21). The third-order valence-corrected chi connectivity index (χ3v) is 4.97. The van der Waals surface area contributed by atoms with Crippen LogP contribution in [0.1, 0.15) is 50.6 Å². The van der Waals surface area contributed by atoms with Crippen molar-refractivity contribution in [3.05, 3.63) is 34.3 Å². The molecule has 116 valence electrons. The van der Waals surface area contributed by atoms with Gasteiger partial charge in [-0.15, -0.1) is 0 Å². The van der Waals surface area contributed by atoms with E-state index in [-0.39, 0.29) is 0 Å². The van der Waals surface area contributed by atoms with E-state index in [0.29, 0.717) is 18.4 Å². The van der Waals surface area contributed by atoms with Gasteiger partial charge in [0.2, 0.25) is 0 Å². The van der Waals surface area contributed by atoms with E-state index in [4.69, 9.17) is 5.11 Å². The molecule has 0 saturated carbocycles. The number of likely N-dealkylation sites (tertiary alicyclic amines) is 1. The molecule has 1 fully saturated rings. The molecule has 0 aliphatic carbocycles. The topological polar surface area (TPSA) is 40.5 Å². The Bertz CT molecular complexity index is 470. The first-order valence-electron chi connectivity index (χ1n) is 7.81. The molecule has 0 radical (unpaired) electrons. The second-order valence-electron chi connectivity index (χ2n) is 5.89. The largest absolute Gasteiger partial charge is 0.481 e. The molecule has 0 aromatic heterocycles. The van der Waals surface area contributed by atoms with Gasteiger partial charge in [0.15, 0.2) is 0 Å². The van der Waals surface area contributed by atoms with Gasteiger partial charge in [-0.3, -0.25) is 9.69 Å². The van der Waals surface area contributed by atoms with Gasteiger partial charge in [0.05, 0.1) is 0 Å². The smallest absolute Gasteiger partial charge is 0.303 e. The van der Waals surface area contributed by atoms with Crippen LogP contribution in [0.25, 0.3) is 0 Å². The summed E-state index contributed by atoms with van der Waals surface area (Å²) in [5, 5.41) is 8.78. The summed E-state index contributed by atoms with van der Waals surface area (Å²) in [5.41, 5.74) is 1.37. The third kappa shape index (κ3) is 4.82. The predicted molar refractivity (Wildman–Crippen MR) is 88.3 cm³/mol. The number of halogens is 1. The Kier molecular flexibility index (Phi) is 6.24. The van der Waals surface area contributed by atoms with Crippen LogP contribution in [0.5, 0.6) is 0 Å². The molecule has 1 aliphatic rings. The van der Waals surface area contributed by atoms with E-state index in [1.807, 2.05) is 0 Å². The fourth-order valence-corrected chi connectivity index (χ4v) is 3.72. The lowest BCUT2D eigenvalue weighted by Crippen LogP contribution is -2.36. The summed E-state index contributed by atoms with van der Waals surface area (Å²) >= 11 is 3.55. The molecular formula is C17H24BrNO2. The summed E-state index contributed by atoms with van der Waals surface area (Å²) in [7, 11) is 0. The molecule has 1 aromatic carbocycles. The van der Waals surface area contributed by atoms with E-state index in [1.54, 1.807) is 0 Å². The Balaban J connectivity index is 1.92. The van der Waals surface area contributed by atoms with Gasteiger partial charge in [-0.05, 0) is 62.4 Å². The van der Waals surface area contributed by atoms with Crippen LogP contribution in [0.2, 0.25) is 0 Å². The third-order valence-electron chi connectivity index (χ3n) is 4.48. The van der Waals surface area contributed by atoms with Crippen molar-refractivity contribution in [1.82, 2.24) is 4.90 Å². The molecule has 1 N–H and O–H groups in total. The molecule has 2 rings (SSSR count). The molecule has 1 unspecified atom stereocenters. The number of aliphatic carboxylic acids is 1. The normalized spacial score (nSPS) is 18.6. The molecule has 1 atom stereocenters. The van der Waals surface area contributed by atoms with Crippen molar-refractivity contribution in [2.75, 3.05) is 13.1 Å². The lowest BCUT2D eigenvalue weighted by atomic mass is 9.90. The van der Waals surface area contributed by atoms with E-state index in [0.717, 1.165) is 43.2 Å². The van der Waals surface area contributed by atoms with Crippen LogP contribution in [0.15, 0.2) is 28.7 Å². The first-order valence-corrected chi connectivity index (χ1v) is 8.60. The fourth-order valence-electron chi connectivity index (χ4n) is 3.30. The van der Waals surface area contributed by atoms with Gasteiger partial charge >= 0.3 is 5.97 Å². The first-order chi connectivity index (χ1) is 10.1. The molecule has 3 nitrogen and oxygen atoms in total. The average Bonchev–Trinajstić information content (AvgIpc) is 2.47. The van der Waals surface area contributed by atoms with E-state index in [2.05, 4.69) is 52.0 Å². The molecule has 1 aliphatic heterocycles. The zero-order chi connectivity index (χ0) is 15.2. The van der Waals surface area contributed by atoms with E-state index in [1.165, 1.54) is 5.56 Å². The van der Waals surface area contributed by atoms with Crippen molar-refractivity contribution in [1.29, 1.82) is 0 Å². The maximum atomic E-state index is 10.7. The predicted octanol–water partition coefficient (Wildman–Crippen LogP) is 4.48. The highest BCUT2D eigenvalue weighted by molar-refractivity contribution is 9.10. The summed E-state index contributed by atoms with van der Waals surface area (Å²) in [6.45, 7) is 4.40. The second kappa shape index (κ2) is 7.95. The van der Waals surface area contributed by atoms with Crippen molar-refractivity contribution in [3.63, 3.8) is 0 Å². The molecule has 4 heteroatoms. The number of carboxylic acid groups (broad SMARTS) is 1. The number of nitrogens with zero attached hydrogens (tertiary/aromatic N) is 1. The van der Waals surface area contributed by atoms with Crippen LogP contribution in [0, 0.1) is 5.92 Å². The minimum atomic E-state index is -0.669. The highest BCUT2D eigenvalue weighted by Gasteiger charge is 2.25. The highest BCUT2D eigenvalue weighted by atomic mass is 79.9. The van der Waals surface area contributed by atoms with Crippen molar-refractivity contribution in [2.45, 2.75) is 45.1 Å². The summed E-state index contributed by atoms with van der Waals surface area (Å²) in [5.74, 6) is -0.0876. The number of piperidine rings is 1. The summed E-state index contributed by atoms with van der Waals surface area (Å²) in [6, 6.07) is 9.05. The zero-order valence-electron chi connectivity index (χ0n) is 12.6. The van der Waals surface area contributed by atoms with Crippen molar-refractivity contribution < 1.29 is 9.90 Å². The molecule has 0 spiro atoms. The quantitative estimate of drug-likeness (QED) is 0.819. The van der Waals surface area contributed by atoms with Crippen LogP contribution >= 0.6 is 15.9 Å². The van der Waals surface area contributed by atoms with E-state index < -0.39 is 5.97 Å². The van der Waals surface area contributed by atoms with Gasteiger partial charge in [-0.2, -0.15) is 0 Å². The number of carbonyl (C=O) groups is 1. The molecule has 21 heavy (non-hydrogen) atoms. The monoisotopic (exact) mass is 353 g/mol. The SMILES string of the molecule is CCC(c1cccc(Br)c1)N1CCC(CCC(=O)O)CC1. The Morgan fingerprint density at radius 3 is 2.71 bits per heavy atom. The minimum absolute atomic E-state index is 0.313. The number of hydrogen-bond acceptors (Lipinski definition) is 2. The van der Waals surface area contributed by atoms with Crippen molar-refractivity contribution in [2.24, 2.45) is 5.92 Å². The maximum absolute atomic E-state index is 10.7. The van der Waals surface area contributed by atoms with Crippen LogP contribution in [-0.4, -0.2) is 29.1 Å². The molecule has 0 amide bonds. The van der Waals surface area contributed by atoms with Crippen molar-refractivity contribution >= 4 is 21.9 Å². The number of carboxylic acids is 1. The van der Waals surface area contributed by atoms with Crippen LogP contribution < -0.4 is 0 Å². The molecule has 1 saturated heterocycles. The molecule has 1 heterocycles. The Hall–Kier alpha value is -0.870. The Labute approximate surface area is 135 Å². The van der Waals surface area contributed by atoms with Crippen molar-refractivity contribution in [3.8, 4) is 0 Å². The number of benzene rings is 1. The van der Waals surface area contributed by atoms with Gasteiger partial charge in [0, 0.05) is 16.9 Å². The first kappa shape index (κ1) is 16.5. The van der Waals surface area contributed by atoms with Gasteiger partial charge < -0.3 is 5.11 Å². The molecule has 1 aromatic rings. The fraction of sp³-hybridized carbons (Fsp3) is 0.588. The minimum Gasteiger partial charge on any atom is -0.481 e. The molecule has 0 bridgehead atoms. The summed E-state index contributed by atoms with van der Waals surface area (Å²) < 4.78 is 1.13. The zero-order valence-corrected chi connectivity index (χ0v) is 14.2. The van der Waals surface area contributed by atoms with E-state index >= 15 is 0 Å². The van der Waals surface area contributed by atoms with Gasteiger partial charge in [-0.25, -0.2) is 0 Å². The maximum Gasteiger partial charge on any atom is 0.303 e. The van der Waals surface area contributed by atoms with Crippen LogP contribution in [0.3, 0.4) is 0 Å². The van der Waals surface area contributed by atoms with Gasteiger partial charge in [0.25, 0.3) is 0 Å². The highest BCUT2D eigenvalue weighted by Crippen LogP contribution is 2.31. The summed E-state index contributed by atoms with van der Waals surface area (Å²) in [6.07, 6.45) is 4.50. The van der Waals surface area contributed by atoms with Crippen LogP contribution in [0.4, 0.5) is 0 Å². The lowest BCUT2D eigenvalue weighted by molar-refractivity contribution is -0.137. The Morgan fingerprint density at radius 2 is 2.14 bits per heavy atom. The van der Waals surface area contributed by atoms with Crippen LogP contribution in [-0.2, 0) is 4.79 Å².